The fourth-order valence-electron chi connectivity index (χ4n) is 7.88. The van der Waals surface area contributed by atoms with Crippen molar-refractivity contribution in [2.24, 2.45) is 0 Å². The third kappa shape index (κ3) is 6.41. The summed E-state index contributed by atoms with van der Waals surface area (Å²) in [6, 6.07) is 59.8. The lowest BCUT2D eigenvalue weighted by Crippen LogP contribution is -1.93. The monoisotopic (exact) mass is 1040 g/mol. The maximum absolute atomic E-state index is 6.04. The molecular formula is C49H30I3NO2. The normalized spacial score (nSPS) is 11.8. The highest BCUT2D eigenvalue weighted by Crippen LogP contribution is 2.37. The highest BCUT2D eigenvalue weighted by molar-refractivity contribution is 14.1. The van der Waals surface area contributed by atoms with E-state index in [1.807, 2.05) is 12.1 Å². The van der Waals surface area contributed by atoms with E-state index in [1.165, 1.54) is 70.9 Å². The summed E-state index contributed by atoms with van der Waals surface area (Å²) in [4.78, 5) is 0. The summed E-state index contributed by atoms with van der Waals surface area (Å²) < 4.78 is 17.8. The van der Waals surface area contributed by atoms with Crippen molar-refractivity contribution in [1.82, 2.24) is 4.57 Å². The van der Waals surface area contributed by atoms with Gasteiger partial charge in [-0.1, -0.05) is 84.9 Å². The Labute approximate surface area is 358 Å². The Morgan fingerprint density at radius 2 is 0.745 bits per heavy atom. The molecule has 8 aromatic carbocycles. The minimum atomic E-state index is 0.927. The largest absolute Gasteiger partial charge is 0.456 e. The lowest BCUT2D eigenvalue weighted by molar-refractivity contribution is 0.668. The second-order valence-corrected chi connectivity index (χ2v) is 17.4. The third-order valence-corrected chi connectivity index (χ3v) is 12.4. The second-order valence-electron chi connectivity index (χ2n) is 13.7. The lowest BCUT2D eigenvalue weighted by atomic mass is 10.1. The Hall–Kier alpha value is -4.65. The molecule has 6 heteroatoms. The van der Waals surface area contributed by atoms with Gasteiger partial charge in [-0.25, -0.2) is 0 Å². The molecule has 1 aliphatic rings. The molecule has 0 amide bonds. The van der Waals surface area contributed by atoms with Gasteiger partial charge in [0.2, 0.25) is 0 Å². The number of para-hydroxylation sites is 2. The molecule has 0 bridgehead atoms. The summed E-state index contributed by atoms with van der Waals surface area (Å²) in [5.41, 5.74) is 13.1. The molecule has 3 nitrogen and oxygen atoms in total. The van der Waals surface area contributed by atoms with Gasteiger partial charge in [-0.3, -0.25) is 0 Å². The van der Waals surface area contributed by atoms with Crippen molar-refractivity contribution >= 4 is 133 Å². The smallest absolute Gasteiger partial charge is 0.135 e. The van der Waals surface area contributed by atoms with Crippen LogP contribution < -0.4 is 0 Å². The molecule has 264 valence electrons. The van der Waals surface area contributed by atoms with E-state index in [2.05, 4.69) is 230 Å². The van der Waals surface area contributed by atoms with Crippen molar-refractivity contribution in [3.63, 3.8) is 0 Å². The number of rotatable bonds is 1. The van der Waals surface area contributed by atoms with Crippen LogP contribution in [0.3, 0.4) is 0 Å². The standard InChI is InChI=1S/C24H14INO.C13H10.C12H6I2O/c25-15-9-11-23-19(13-15)20-14-16(10-12-24(20)27-23)26-21-7-3-1-5-17(21)18-6-2-4-8-22(18)26;1-3-7-12-10(5-1)9-11-6-2-4-8-13(11)12;13-7-1-3-11-9(5-7)10-6-8(14)2-4-12(10)15-11/h1-14H;1-8H,9H2;1-6H. The van der Waals surface area contributed by atoms with Gasteiger partial charge in [0.1, 0.15) is 22.3 Å². The van der Waals surface area contributed by atoms with Crippen LogP contribution in [0.5, 0.6) is 0 Å². The summed E-state index contributed by atoms with van der Waals surface area (Å²) in [5, 5.41) is 7.29. The molecule has 12 rings (SSSR count). The Bertz CT molecular complexity index is 3090. The van der Waals surface area contributed by atoms with E-state index in [1.54, 1.807) is 0 Å². The van der Waals surface area contributed by atoms with E-state index < -0.39 is 0 Å². The Morgan fingerprint density at radius 1 is 0.364 bits per heavy atom. The molecule has 0 atom stereocenters. The number of benzene rings is 8. The van der Waals surface area contributed by atoms with Gasteiger partial charge in [0, 0.05) is 48.7 Å². The molecule has 0 radical (unpaired) electrons. The van der Waals surface area contributed by atoms with Crippen LogP contribution in [0.25, 0.3) is 82.5 Å². The summed E-state index contributed by atoms with van der Waals surface area (Å²) >= 11 is 7.00. The van der Waals surface area contributed by atoms with Crippen LogP contribution in [0, 0.1) is 10.7 Å². The van der Waals surface area contributed by atoms with Crippen LogP contribution in [-0.4, -0.2) is 4.57 Å². The number of aromatic nitrogens is 1. The summed E-state index contributed by atoms with van der Waals surface area (Å²) in [6.07, 6.45) is 1.10. The van der Waals surface area contributed by atoms with Gasteiger partial charge in [0.15, 0.2) is 0 Å². The van der Waals surface area contributed by atoms with Crippen molar-refractivity contribution in [3.8, 4) is 16.8 Å². The Kier molecular flexibility index (Phi) is 9.15. The summed E-state index contributed by atoms with van der Waals surface area (Å²) in [6.45, 7) is 0. The van der Waals surface area contributed by atoms with Crippen LogP contribution in [0.1, 0.15) is 11.1 Å². The van der Waals surface area contributed by atoms with Gasteiger partial charge < -0.3 is 13.4 Å². The van der Waals surface area contributed by atoms with Crippen LogP contribution in [0.4, 0.5) is 0 Å². The molecule has 0 aliphatic heterocycles. The van der Waals surface area contributed by atoms with Crippen molar-refractivity contribution < 1.29 is 8.83 Å². The first-order chi connectivity index (χ1) is 27.0. The molecule has 1 aliphatic carbocycles. The number of nitrogens with zero attached hydrogens (tertiary/aromatic N) is 1. The topological polar surface area (TPSA) is 31.2 Å². The number of hydrogen-bond acceptors (Lipinski definition) is 2. The van der Waals surface area contributed by atoms with E-state index in [0.29, 0.717) is 0 Å². The molecule has 0 fully saturated rings. The van der Waals surface area contributed by atoms with Crippen LogP contribution in [0.2, 0.25) is 0 Å². The first kappa shape index (κ1) is 34.8. The maximum atomic E-state index is 6.04. The van der Waals surface area contributed by atoms with E-state index in [-0.39, 0.29) is 0 Å². The predicted octanol–water partition coefficient (Wildman–Crippen LogP) is 15.3. The summed E-state index contributed by atoms with van der Waals surface area (Å²) in [5.74, 6) is 0. The van der Waals surface area contributed by atoms with Gasteiger partial charge in [0.25, 0.3) is 0 Å². The van der Waals surface area contributed by atoms with E-state index in [4.69, 9.17) is 8.83 Å². The number of halogens is 3. The first-order valence-corrected chi connectivity index (χ1v) is 21.3. The maximum Gasteiger partial charge on any atom is 0.135 e. The average Bonchev–Trinajstić information content (AvgIpc) is 3.97. The molecule has 55 heavy (non-hydrogen) atoms. The molecule has 3 heterocycles. The average molecular weight is 1050 g/mol. The zero-order valence-electron chi connectivity index (χ0n) is 29.3. The number of furan rings is 2. The van der Waals surface area contributed by atoms with Gasteiger partial charge in [-0.2, -0.15) is 0 Å². The zero-order chi connectivity index (χ0) is 37.0. The summed E-state index contributed by atoms with van der Waals surface area (Å²) in [7, 11) is 0. The van der Waals surface area contributed by atoms with E-state index in [9.17, 15) is 0 Å². The third-order valence-electron chi connectivity index (χ3n) is 10.4. The van der Waals surface area contributed by atoms with Crippen molar-refractivity contribution in [1.29, 1.82) is 0 Å². The van der Waals surface area contributed by atoms with E-state index in [0.717, 1.165) is 39.8 Å². The van der Waals surface area contributed by atoms with Crippen LogP contribution in [0.15, 0.2) is 179 Å². The van der Waals surface area contributed by atoms with Crippen LogP contribution >= 0.6 is 67.8 Å². The van der Waals surface area contributed by atoms with Gasteiger partial charge >= 0.3 is 0 Å². The molecular weight excluding hydrogens is 1020 g/mol. The highest BCUT2D eigenvalue weighted by atomic mass is 127. The fraction of sp³-hybridized carbons (Fsp3) is 0.0204. The Morgan fingerprint density at radius 3 is 1.22 bits per heavy atom. The van der Waals surface area contributed by atoms with Crippen LogP contribution in [-0.2, 0) is 6.42 Å². The highest BCUT2D eigenvalue weighted by Gasteiger charge is 2.16. The molecule has 0 unspecified atom stereocenters. The minimum absolute atomic E-state index is 0.927. The van der Waals surface area contributed by atoms with E-state index >= 15 is 0 Å². The predicted molar refractivity (Wildman–Crippen MR) is 255 cm³/mol. The quantitative estimate of drug-likeness (QED) is 0.153. The Balaban J connectivity index is 0.000000112. The molecule has 0 spiro atoms. The number of hydrogen-bond donors (Lipinski definition) is 0. The van der Waals surface area contributed by atoms with Gasteiger partial charge in [0.05, 0.1) is 11.0 Å². The molecule has 0 saturated carbocycles. The van der Waals surface area contributed by atoms with Crippen molar-refractivity contribution in [2.45, 2.75) is 6.42 Å². The SMILES string of the molecule is Ic1ccc2oc3ccc(-n4c5ccccc5c5ccccc54)cc3c2c1.Ic1ccc2oc3ccc(I)cc3c2c1.c1ccc2c(c1)Cc1ccccc1-2. The molecule has 0 saturated heterocycles. The van der Waals surface area contributed by atoms with Gasteiger partial charge in [-0.15, -0.1) is 0 Å². The first-order valence-electron chi connectivity index (χ1n) is 18.0. The lowest BCUT2D eigenvalue weighted by Gasteiger charge is -2.07. The second kappa shape index (κ2) is 14.5. The minimum Gasteiger partial charge on any atom is -0.456 e. The zero-order valence-corrected chi connectivity index (χ0v) is 35.7. The molecule has 11 aromatic rings. The molecule has 0 N–H and O–H groups in total. The number of fused-ring (bicyclic) bond motifs is 12. The van der Waals surface area contributed by atoms with Gasteiger partial charge in [-0.05, 0) is 181 Å². The van der Waals surface area contributed by atoms with Crippen molar-refractivity contribution in [3.05, 3.63) is 192 Å². The molecule has 3 aromatic heterocycles. The van der Waals surface area contributed by atoms with Crippen molar-refractivity contribution in [2.75, 3.05) is 0 Å². The fourth-order valence-corrected chi connectivity index (χ4v) is 9.35.